The highest BCUT2D eigenvalue weighted by Crippen LogP contribution is 2.40. The van der Waals surface area contributed by atoms with E-state index in [1.807, 2.05) is 19.6 Å². The molecule has 8 heteroatoms. The van der Waals surface area contributed by atoms with Crippen molar-refractivity contribution in [2.75, 3.05) is 0 Å². The molecule has 0 saturated carbocycles. The molecule has 0 spiro atoms. The minimum absolute atomic E-state index is 0.115. The van der Waals surface area contributed by atoms with Gasteiger partial charge in [-0.25, -0.2) is 9.18 Å². The maximum atomic E-state index is 14.9. The van der Waals surface area contributed by atoms with Gasteiger partial charge in [0.05, 0.1) is 25.8 Å². The quantitative estimate of drug-likeness (QED) is 0.373. The largest absolute Gasteiger partial charge is 0.461 e. The summed E-state index contributed by atoms with van der Waals surface area (Å²) < 4.78 is 64.2. The van der Waals surface area contributed by atoms with Crippen LogP contribution in [-0.4, -0.2) is 26.3 Å². The van der Waals surface area contributed by atoms with E-state index >= 15 is 0 Å². The third-order valence-corrected chi connectivity index (χ3v) is 6.35. The molecule has 3 nitrogen and oxygen atoms in total. The zero-order valence-electron chi connectivity index (χ0n) is 16.0. The Balaban J connectivity index is 2.37. The average Bonchev–Trinajstić information content (AvgIpc) is 2.51. The summed E-state index contributed by atoms with van der Waals surface area (Å²) >= 11 is 0. The molecule has 2 atom stereocenters. The maximum absolute atomic E-state index is 14.9. The van der Waals surface area contributed by atoms with Crippen molar-refractivity contribution >= 4 is 14.0 Å². The third-order valence-electron chi connectivity index (χ3n) is 4.20. The van der Waals surface area contributed by atoms with Gasteiger partial charge in [0.1, 0.15) is 5.83 Å². The van der Waals surface area contributed by atoms with E-state index in [-0.39, 0.29) is 6.42 Å². The Morgan fingerprint density at radius 3 is 2.19 bits per heavy atom. The van der Waals surface area contributed by atoms with Crippen LogP contribution in [0.2, 0.25) is 19.6 Å². The predicted molar refractivity (Wildman–Crippen MR) is 96.4 cm³/mol. The Kier molecular flexibility index (Phi) is 6.21. The molecule has 27 heavy (non-hydrogen) atoms. The molecule has 0 radical (unpaired) electrons. The van der Waals surface area contributed by atoms with Crippen molar-refractivity contribution in [3.05, 3.63) is 46.4 Å². The molecule has 1 heterocycles. The standard InChI is InChI=1S/C19H24F4O3Si/c1-11(2)25-18(24)16-17(27(3,4)5)14(20)10-15(26-16)12-6-8-13(9-7-12)19(21,22)23/h6-9,11,15-16H,10H2,1-5H3/t15-,16-/m0/s1. The van der Waals surface area contributed by atoms with Crippen LogP contribution in [0.1, 0.15) is 37.5 Å². The molecule has 0 fully saturated rings. The highest BCUT2D eigenvalue weighted by Gasteiger charge is 2.42. The van der Waals surface area contributed by atoms with Crippen LogP contribution in [0.25, 0.3) is 0 Å². The van der Waals surface area contributed by atoms with Gasteiger partial charge >= 0.3 is 12.1 Å². The summed E-state index contributed by atoms with van der Waals surface area (Å²) in [6, 6.07) is 4.36. The fourth-order valence-electron chi connectivity index (χ4n) is 3.05. The van der Waals surface area contributed by atoms with Crippen LogP contribution in [0.5, 0.6) is 0 Å². The molecule has 1 aromatic carbocycles. The van der Waals surface area contributed by atoms with Crippen LogP contribution in [0.4, 0.5) is 17.6 Å². The van der Waals surface area contributed by atoms with Gasteiger partial charge < -0.3 is 9.47 Å². The van der Waals surface area contributed by atoms with E-state index in [1.165, 1.54) is 12.1 Å². The Labute approximate surface area is 157 Å². The van der Waals surface area contributed by atoms with E-state index in [2.05, 4.69) is 0 Å². The molecule has 0 amide bonds. The predicted octanol–water partition coefficient (Wildman–Crippen LogP) is 5.59. The summed E-state index contributed by atoms with van der Waals surface area (Å²) in [5.41, 5.74) is -0.410. The van der Waals surface area contributed by atoms with Gasteiger partial charge in [-0.2, -0.15) is 13.2 Å². The summed E-state index contributed by atoms with van der Waals surface area (Å²) in [7, 11) is -2.23. The molecule has 150 valence electrons. The summed E-state index contributed by atoms with van der Waals surface area (Å²) in [5.74, 6) is -1.11. The van der Waals surface area contributed by atoms with E-state index in [1.54, 1.807) is 13.8 Å². The van der Waals surface area contributed by atoms with E-state index in [4.69, 9.17) is 9.47 Å². The molecular formula is C19H24F4O3Si. The van der Waals surface area contributed by atoms with Crippen molar-refractivity contribution in [2.24, 2.45) is 0 Å². The first-order valence-corrected chi connectivity index (χ1v) is 12.2. The Morgan fingerprint density at radius 2 is 1.74 bits per heavy atom. The van der Waals surface area contributed by atoms with Gasteiger partial charge in [-0.3, -0.25) is 0 Å². The topological polar surface area (TPSA) is 35.5 Å². The highest BCUT2D eigenvalue weighted by atomic mass is 28.3. The average molecular weight is 404 g/mol. The molecule has 1 aromatic rings. The first-order valence-electron chi connectivity index (χ1n) is 8.73. The third kappa shape index (κ3) is 5.19. The molecule has 1 aliphatic rings. The Hall–Kier alpha value is -1.67. The number of halogens is 4. The number of carbonyl (C=O) groups is 1. The molecule has 2 rings (SSSR count). The highest BCUT2D eigenvalue weighted by molar-refractivity contribution is 6.83. The normalized spacial score (nSPS) is 21.6. The monoisotopic (exact) mass is 404 g/mol. The number of rotatable bonds is 4. The fraction of sp³-hybridized carbons (Fsp3) is 0.526. The van der Waals surface area contributed by atoms with Gasteiger partial charge in [0.25, 0.3) is 0 Å². The summed E-state index contributed by atoms with van der Waals surface area (Å²) in [6.45, 7) is 9.07. The van der Waals surface area contributed by atoms with E-state index in [0.717, 1.165) is 12.1 Å². The second-order valence-corrected chi connectivity index (χ2v) is 12.9. The lowest BCUT2D eigenvalue weighted by Gasteiger charge is -2.36. The smallest absolute Gasteiger partial charge is 0.416 e. The lowest BCUT2D eigenvalue weighted by atomic mass is 10.0. The van der Waals surface area contributed by atoms with Crippen LogP contribution in [0.15, 0.2) is 35.3 Å². The van der Waals surface area contributed by atoms with Crippen molar-refractivity contribution in [3.63, 3.8) is 0 Å². The zero-order chi connectivity index (χ0) is 20.6. The molecular weight excluding hydrogens is 380 g/mol. The number of benzene rings is 1. The Morgan fingerprint density at radius 1 is 1.19 bits per heavy atom. The SMILES string of the molecule is CC(C)OC(=O)[C@H]1O[C@H](c2ccc(C(F)(F)F)cc2)CC(F)=C1[Si](C)(C)C. The Bertz CT molecular complexity index is 718. The van der Waals surface area contributed by atoms with E-state index < -0.39 is 49.9 Å². The molecule has 0 aliphatic carbocycles. The summed E-state index contributed by atoms with van der Waals surface area (Å²) in [4.78, 5) is 12.5. The lowest BCUT2D eigenvalue weighted by molar-refractivity contribution is -0.163. The van der Waals surface area contributed by atoms with Gasteiger partial charge in [-0.15, -0.1) is 0 Å². The van der Waals surface area contributed by atoms with Crippen molar-refractivity contribution in [1.29, 1.82) is 0 Å². The number of esters is 1. The summed E-state index contributed by atoms with van der Waals surface area (Å²) in [6.07, 6.45) is -6.99. The van der Waals surface area contributed by atoms with Crippen LogP contribution < -0.4 is 0 Å². The second kappa shape index (κ2) is 7.75. The maximum Gasteiger partial charge on any atom is 0.416 e. The number of ether oxygens (including phenoxy) is 2. The second-order valence-electron chi connectivity index (χ2n) is 7.88. The van der Waals surface area contributed by atoms with Gasteiger partial charge in [0.2, 0.25) is 0 Å². The van der Waals surface area contributed by atoms with E-state index in [0.29, 0.717) is 10.8 Å². The lowest BCUT2D eigenvalue weighted by Crippen LogP contribution is -2.43. The van der Waals surface area contributed by atoms with Gasteiger partial charge in [-0.1, -0.05) is 31.8 Å². The first-order chi connectivity index (χ1) is 12.3. The van der Waals surface area contributed by atoms with Crippen LogP contribution >= 0.6 is 0 Å². The number of hydrogen-bond donors (Lipinski definition) is 0. The zero-order valence-corrected chi connectivity index (χ0v) is 17.0. The fourth-order valence-corrected chi connectivity index (χ4v) is 4.93. The first kappa shape index (κ1) is 21.6. The number of carbonyl (C=O) groups excluding carboxylic acids is 1. The molecule has 0 unspecified atom stereocenters. The van der Waals surface area contributed by atoms with Gasteiger partial charge in [-0.05, 0) is 36.7 Å². The minimum atomic E-state index is -4.45. The van der Waals surface area contributed by atoms with Crippen molar-refractivity contribution in [2.45, 2.75) is 64.4 Å². The van der Waals surface area contributed by atoms with Gasteiger partial charge in [0.15, 0.2) is 6.10 Å². The van der Waals surface area contributed by atoms with Crippen LogP contribution in [-0.2, 0) is 20.4 Å². The molecule has 0 aromatic heterocycles. The van der Waals surface area contributed by atoms with Crippen molar-refractivity contribution < 1.29 is 31.8 Å². The van der Waals surface area contributed by atoms with Crippen molar-refractivity contribution in [1.82, 2.24) is 0 Å². The molecule has 0 N–H and O–H groups in total. The number of alkyl halides is 3. The van der Waals surface area contributed by atoms with Crippen molar-refractivity contribution in [3.8, 4) is 0 Å². The van der Waals surface area contributed by atoms with Crippen LogP contribution in [0, 0.1) is 0 Å². The molecule has 1 aliphatic heterocycles. The van der Waals surface area contributed by atoms with Gasteiger partial charge in [0, 0.05) is 6.42 Å². The number of hydrogen-bond acceptors (Lipinski definition) is 3. The minimum Gasteiger partial charge on any atom is -0.461 e. The van der Waals surface area contributed by atoms with Crippen LogP contribution in [0.3, 0.4) is 0 Å². The molecule has 0 saturated heterocycles. The molecule has 0 bridgehead atoms. The van der Waals surface area contributed by atoms with E-state index in [9.17, 15) is 22.4 Å². The summed E-state index contributed by atoms with van der Waals surface area (Å²) in [5, 5.41) is 0.344.